The van der Waals surface area contributed by atoms with Gasteiger partial charge in [0.2, 0.25) is 0 Å². The average molecular weight is 368 g/mol. The molecule has 0 saturated heterocycles. The largest absolute Gasteiger partial charge is 0.573 e. The monoisotopic (exact) mass is 368 g/mol. The van der Waals surface area contributed by atoms with E-state index < -0.39 is 6.36 Å². The summed E-state index contributed by atoms with van der Waals surface area (Å²) in [6.45, 7) is 3.20. The van der Waals surface area contributed by atoms with Crippen molar-refractivity contribution in [3.05, 3.63) is 35.9 Å². The minimum absolute atomic E-state index is 0.139. The van der Waals surface area contributed by atoms with E-state index in [1.807, 2.05) is 6.92 Å². The number of aliphatic imine (C=N–C) groups is 1. The van der Waals surface area contributed by atoms with Crippen LogP contribution >= 0.6 is 0 Å². The van der Waals surface area contributed by atoms with Crippen LogP contribution in [0.3, 0.4) is 0 Å². The lowest BCUT2D eigenvalue weighted by Gasteiger charge is -2.22. The molecular formula is C16H19F3N6O. The quantitative estimate of drug-likeness (QED) is 0.639. The molecule has 1 aliphatic rings. The van der Waals surface area contributed by atoms with E-state index in [1.165, 1.54) is 18.2 Å². The summed E-state index contributed by atoms with van der Waals surface area (Å²) in [7, 11) is 0. The van der Waals surface area contributed by atoms with E-state index in [9.17, 15) is 13.2 Å². The Morgan fingerprint density at radius 1 is 1.42 bits per heavy atom. The van der Waals surface area contributed by atoms with E-state index in [2.05, 4.69) is 29.8 Å². The normalized spacial score (nSPS) is 17.7. The summed E-state index contributed by atoms with van der Waals surface area (Å²) < 4.78 is 42.8. The highest BCUT2D eigenvalue weighted by Gasteiger charge is 2.31. The molecule has 0 aliphatic carbocycles. The number of hydrogen-bond acceptors (Lipinski definition) is 4. The van der Waals surface area contributed by atoms with Gasteiger partial charge in [0.1, 0.15) is 17.4 Å². The SMILES string of the molecule is Cc1nnc2n1CC(CN=C(N)Nc1cccc(OC(F)(F)F)c1)CC2. The predicted molar refractivity (Wildman–Crippen MR) is 89.8 cm³/mol. The molecule has 0 bridgehead atoms. The highest BCUT2D eigenvalue weighted by Crippen LogP contribution is 2.25. The highest BCUT2D eigenvalue weighted by molar-refractivity contribution is 5.92. The van der Waals surface area contributed by atoms with E-state index in [4.69, 9.17) is 5.73 Å². The van der Waals surface area contributed by atoms with Crippen LogP contribution in [0.5, 0.6) is 5.75 Å². The topological polar surface area (TPSA) is 90.4 Å². The van der Waals surface area contributed by atoms with Gasteiger partial charge in [0.05, 0.1) is 0 Å². The molecule has 0 fully saturated rings. The van der Waals surface area contributed by atoms with Crippen LogP contribution in [0.2, 0.25) is 0 Å². The van der Waals surface area contributed by atoms with Crippen LogP contribution < -0.4 is 15.8 Å². The summed E-state index contributed by atoms with van der Waals surface area (Å²) in [5.41, 5.74) is 6.22. The summed E-state index contributed by atoms with van der Waals surface area (Å²) in [6, 6.07) is 5.45. The van der Waals surface area contributed by atoms with Crippen LogP contribution in [-0.4, -0.2) is 33.6 Å². The standard InChI is InChI=1S/C16H19F3N6O/c1-10-23-24-14-6-5-11(9-25(10)14)8-21-15(20)22-12-3-2-4-13(7-12)26-16(17,18)19/h2-4,7,11H,5-6,8-9H2,1H3,(H3,20,21,22). The molecule has 2 aromatic rings. The van der Waals surface area contributed by atoms with Crippen LogP contribution in [0.1, 0.15) is 18.1 Å². The van der Waals surface area contributed by atoms with Crippen molar-refractivity contribution < 1.29 is 17.9 Å². The Balaban J connectivity index is 1.57. The molecule has 0 amide bonds. The first-order chi connectivity index (χ1) is 12.3. The molecule has 10 heteroatoms. The molecule has 1 aromatic carbocycles. The maximum absolute atomic E-state index is 12.3. The lowest BCUT2D eigenvalue weighted by molar-refractivity contribution is -0.274. The second-order valence-electron chi connectivity index (χ2n) is 6.11. The Morgan fingerprint density at radius 3 is 3.00 bits per heavy atom. The van der Waals surface area contributed by atoms with Gasteiger partial charge < -0.3 is 20.4 Å². The fourth-order valence-electron chi connectivity index (χ4n) is 2.86. The van der Waals surface area contributed by atoms with E-state index in [1.54, 1.807) is 6.07 Å². The third-order valence-corrected chi connectivity index (χ3v) is 4.09. The van der Waals surface area contributed by atoms with Gasteiger partial charge in [0.15, 0.2) is 5.96 Å². The molecule has 7 nitrogen and oxygen atoms in total. The smallest absolute Gasteiger partial charge is 0.406 e. The summed E-state index contributed by atoms with van der Waals surface area (Å²) in [5.74, 6) is 1.98. The molecule has 1 aromatic heterocycles. The Morgan fingerprint density at radius 2 is 2.23 bits per heavy atom. The number of aryl methyl sites for hydroxylation is 2. The van der Waals surface area contributed by atoms with Gasteiger partial charge in [0.25, 0.3) is 0 Å². The summed E-state index contributed by atoms with van der Waals surface area (Å²) in [6.07, 6.45) is -2.96. The fraction of sp³-hybridized carbons (Fsp3) is 0.438. The van der Waals surface area contributed by atoms with Crippen molar-refractivity contribution in [3.63, 3.8) is 0 Å². The molecule has 0 radical (unpaired) electrons. The van der Waals surface area contributed by atoms with Gasteiger partial charge in [-0.1, -0.05) is 6.07 Å². The molecule has 1 unspecified atom stereocenters. The Kier molecular flexibility index (Phi) is 5.01. The predicted octanol–water partition coefficient (Wildman–Crippen LogP) is 2.47. The maximum atomic E-state index is 12.3. The number of halogens is 3. The van der Waals surface area contributed by atoms with Gasteiger partial charge in [0, 0.05) is 31.3 Å². The fourth-order valence-corrected chi connectivity index (χ4v) is 2.86. The lowest BCUT2D eigenvalue weighted by Crippen LogP contribution is -2.27. The molecule has 1 atom stereocenters. The lowest BCUT2D eigenvalue weighted by atomic mass is 9.99. The Hall–Kier alpha value is -2.78. The summed E-state index contributed by atoms with van der Waals surface area (Å²) in [5, 5.41) is 11.0. The molecule has 0 spiro atoms. The minimum Gasteiger partial charge on any atom is -0.406 e. The van der Waals surface area contributed by atoms with Gasteiger partial charge in [-0.25, -0.2) is 0 Å². The number of nitrogens with zero attached hydrogens (tertiary/aromatic N) is 4. The van der Waals surface area contributed by atoms with Crippen molar-refractivity contribution in [2.75, 3.05) is 11.9 Å². The third-order valence-electron chi connectivity index (χ3n) is 4.09. The van der Waals surface area contributed by atoms with Crippen molar-refractivity contribution in [2.24, 2.45) is 16.6 Å². The highest BCUT2D eigenvalue weighted by atomic mass is 19.4. The van der Waals surface area contributed by atoms with Crippen molar-refractivity contribution in [1.82, 2.24) is 14.8 Å². The molecule has 26 heavy (non-hydrogen) atoms. The number of nitrogens with one attached hydrogen (secondary N) is 1. The molecule has 140 valence electrons. The number of benzene rings is 1. The molecule has 2 heterocycles. The van der Waals surface area contributed by atoms with Crippen LogP contribution in [-0.2, 0) is 13.0 Å². The summed E-state index contributed by atoms with van der Waals surface area (Å²) in [4.78, 5) is 4.30. The van der Waals surface area contributed by atoms with Crippen molar-refractivity contribution in [1.29, 1.82) is 0 Å². The Labute approximate surface area is 148 Å². The van der Waals surface area contributed by atoms with Gasteiger partial charge >= 0.3 is 6.36 Å². The van der Waals surface area contributed by atoms with Gasteiger partial charge in [-0.2, -0.15) is 0 Å². The number of aromatic nitrogens is 3. The van der Waals surface area contributed by atoms with E-state index >= 15 is 0 Å². The first kappa shape index (κ1) is 18.0. The number of alkyl halides is 3. The van der Waals surface area contributed by atoms with Crippen LogP contribution in [0.4, 0.5) is 18.9 Å². The zero-order valence-electron chi connectivity index (χ0n) is 14.1. The number of guanidine groups is 1. The number of rotatable bonds is 4. The zero-order valence-corrected chi connectivity index (χ0v) is 14.1. The zero-order chi connectivity index (χ0) is 18.7. The van der Waals surface area contributed by atoms with Crippen LogP contribution in [0.15, 0.2) is 29.3 Å². The molecular weight excluding hydrogens is 349 g/mol. The minimum atomic E-state index is -4.74. The van der Waals surface area contributed by atoms with Gasteiger partial charge in [-0.3, -0.25) is 4.99 Å². The van der Waals surface area contributed by atoms with E-state index in [0.717, 1.165) is 31.0 Å². The number of anilines is 1. The molecule has 3 N–H and O–H groups in total. The maximum Gasteiger partial charge on any atom is 0.573 e. The number of fused-ring (bicyclic) bond motifs is 1. The van der Waals surface area contributed by atoms with E-state index in [-0.39, 0.29) is 11.7 Å². The average Bonchev–Trinajstić information content (AvgIpc) is 2.92. The number of hydrogen-bond donors (Lipinski definition) is 2. The van der Waals surface area contributed by atoms with Gasteiger partial charge in [-0.05, 0) is 31.4 Å². The molecule has 0 saturated carbocycles. The van der Waals surface area contributed by atoms with Crippen molar-refractivity contribution >= 4 is 11.6 Å². The Bertz CT molecular complexity index is 802. The second-order valence-corrected chi connectivity index (χ2v) is 6.11. The van der Waals surface area contributed by atoms with E-state index in [0.29, 0.717) is 18.2 Å². The summed E-state index contributed by atoms with van der Waals surface area (Å²) >= 11 is 0. The second kappa shape index (κ2) is 7.22. The van der Waals surface area contributed by atoms with Crippen molar-refractivity contribution in [3.8, 4) is 5.75 Å². The first-order valence-corrected chi connectivity index (χ1v) is 8.11. The molecule has 3 rings (SSSR count). The van der Waals surface area contributed by atoms with Gasteiger partial charge in [-0.15, -0.1) is 23.4 Å². The number of ether oxygens (including phenoxy) is 1. The molecule has 1 aliphatic heterocycles. The van der Waals surface area contributed by atoms with Crippen LogP contribution in [0, 0.1) is 12.8 Å². The van der Waals surface area contributed by atoms with Crippen molar-refractivity contribution in [2.45, 2.75) is 32.7 Å². The number of nitrogens with two attached hydrogens (primary N) is 1. The third kappa shape index (κ3) is 4.64. The first-order valence-electron chi connectivity index (χ1n) is 8.11. The van der Waals surface area contributed by atoms with Crippen LogP contribution in [0.25, 0.3) is 0 Å².